The number of aromatic nitrogens is 1. The van der Waals surface area contributed by atoms with E-state index in [1.165, 1.54) is 0 Å². The van der Waals surface area contributed by atoms with Gasteiger partial charge in [0.05, 0.1) is 11.7 Å². The number of carbonyl (C=O) groups is 1. The largest absolute Gasteiger partial charge is 0.454 e. The maximum Gasteiger partial charge on any atom is 0.231 e. The Bertz CT molecular complexity index is 807. The Kier molecular flexibility index (Phi) is 2.92. The third-order valence-electron chi connectivity index (χ3n) is 5.01. The molecule has 0 spiro atoms. The van der Waals surface area contributed by atoms with Crippen LogP contribution >= 0.6 is 0 Å². The summed E-state index contributed by atoms with van der Waals surface area (Å²) in [6, 6.07) is 10.3. The number of benzene rings is 1. The van der Waals surface area contributed by atoms with Crippen molar-refractivity contribution >= 4 is 11.6 Å². The molecule has 6 heteroatoms. The van der Waals surface area contributed by atoms with Crippen LogP contribution in [0.4, 0.5) is 5.69 Å². The first-order chi connectivity index (χ1) is 11.8. The number of hydrogen-bond acceptors (Lipinski definition) is 5. The molecule has 1 N–H and O–H groups in total. The number of nitrogens with zero attached hydrogens (tertiary/aromatic N) is 2. The van der Waals surface area contributed by atoms with Crippen molar-refractivity contribution in [2.24, 2.45) is 5.92 Å². The lowest BCUT2D eigenvalue weighted by Gasteiger charge is -2.20. The van der Waals surface area contributed by atoms with Crippen molar-refractivity contribution < 1.29 is 14.3 Å². The van der Waals surface area contributed by atoms with Crippen LogP contribution in [0.15, 0.2) is 36.5 Å². The van der Waals surface area contributed by atoms with E-state index in [-0.39, 0.29) is 18.7 Å². The van der Waals surface area contributed by atoms with Crippen molar-refractivity contribution in [3.8, 4) is 22.8 Å². The minimum absolute atomic E-state index is 0.181. The molecule has 1 aromatic carbocycles. The molecule has 1 amide bonds. The van der Waals surface area contributed by atoms with Crippen molar-refractivity contribution in [1.82, 2.24) is 10.3 Å². The van der Waals surface area contributed by atoms with Gasteiger partial charge in [-0.2, -0.15) is 0 Å². The Balaban J connectivity index is 1.42. The summed E-state index contributed by atoms with van der Waals surface area (Å²) < 4.78 is 10.8. The fraction of sp³-hybridized carbons (Fsp3) is 0.333. The van der Waals surface area contributed by atoms with Gasteiger partial charge in [0.2, 0.25) is 12.7 Å². The number of anilines is 1. The van der Waals surface area contributed by atoms with Crippen molar-refractivity contribution in [3.63, 3.8) is 0 Å². The van der Waals surface area contributed by atoms with E-state index in [0.717, 1.165) is 41.5 Å². The highest BCUT2D eigenvalue weighted by Gasteiger charge is 2.40. The van der Waals surface area contributed by atoms with Gasteiger partial charge in [-0.15, -0.1) is 0 Å². The summed E-state index contributed by atoms with van der Waals surface area (Å²) >= 11 is 0. The highest BCUT2D eigenvalue weighted by molar-refractivity contribution is 5.80. The lowest BCUT2D eigenvalue weighted by molar-refractivity contribution is -0.119. The molecule has 1 aromatic heterocycles. The molecule has 24 heavy (non-hydrogen) atoms. The van der Waals surface area contributed by atoms with Crippen LogP contribution in [0.25, 0.3) is 11.3 Å². The molecule has 2 fully saturated rings. The fourth-order valence-corrected chi connectivity index (χ4v) is 3.79. The first kappa shape index (κ1) is 13.7. The molecule has 122 valence electrons. The molecule has 3 aliphatic heterocycles. The molecule has 2 saturated heterocycles. The van der Waals surface area contributed by atoms with Crippen molar-refractivity contribution in [2.45, 2.75) is 12.5 Å². The zero-order valence-electron chi connectivity index (χ0n) is 13.1. The molecule has 4 heterocycles. The van der Waals surface area contributed by atoms with E-state index in [9.17, 15) is 4.79 Å². The normalized spacial score (nSPS) is 24.2. The Labute approximate surface area is 139 Å². The number of nitrogens with one attached hydrogen (secondary N) is 1. The summed E-state index contributed by atoms with van der Waals surface area (Å²) in [6.07, 6.45) is 2.48. The first-order valence-electron chi connectivity index (χ1n) is 8.17. The SMILES string of the molecule is O=C1C[C@H]2CN(c3ccnc(-c4ccc5c(c4)OCO5)c3)C[C@H]2N1. The van der Waals surface area contributed by atoms with Crippen molar-refractivity contribution in [1.29, 1.82) is 0 Å². The van der Waals surface area contributed by atoms with Crippen LogP contribution in [0.5, 0.6) is 11.5 Å². The van der Waals surface area contributed by atoms with Gasteiger partial charge >= 0.3 is 0 Å². The zero-order chi connectivity index (χ0) is 16.1. The van der Waals surface area contributed by atoms with Gasteiger partial charge in [-0.1, -0.05) is 0 Å². The van der Waals surface area contributed by atoms with E-state index < -0.39 is 0 Å². The van der Waals surface area contributed by atoms with Crippen LogP contribution in [-0.2, 0) is 4.79 Å². The van der Waals surface area contributed by atoms with Crippen LogP contribution in [0, 0.1) is 5.92 Å². The third-order valence-corrected chi connectivity index (χ3v) is 5.01. The topological polar surface area (TPSA) is 63.7 Å². The van der Waals surface area contributed by atoms with E-state index in [1.54, 1.807) is 0 Å². The van der Waals surface area contributed by atoms with Gasteiger partial charge in [0.25, 0.3) is 0 Å². The lowest BCUT2D eigenvalue weighted by Crippen LogP contribution is -2.32. The second-order valence-electron chi connectivity index (χ2n) is 6.51. The second-order valence-corrected chi connectivity index (χ2v) is 6.51. The smallest absolute Gasteiger partial charge is 0.231 e. The first-order valence-corrected chi connectivity index (χ1v) is 8.17. The standard InChI is InChI=1S/C18H17N3O3/c22-18-6-12-8-21(9-15(12)20-18)13-3-4-19-14(7-13)11-1-2-16-17(5-11)24-10-23-16/h1-5,7,12,15H,6,8-10H2,(H,20,22)/t12-,15+/m0/s1. The van der Waals surface area contributed by atoms with Crippen LogP contribution in [0.2, 0.25) is 0 Å². The molecule has 0 radical (unpaired) electrons. The summed E-state index contributed by atoms with van der Waals surface area (Å²) in [6.45, 7) is 2.05. The van der Waals surface area contributed by atoms with Gasteiger partial charge in [-0.25, -0.2) is 0 Å². The summed E-state index contributed by atoms with van der Waals surface area (Å²) in [7, 11) is 0. The molecule has 6 nitrogen and oxygen atoms in total. The minimum atomic E-state index is 0.181. The number of ether oxygens (including phenoxy) is 2. The molecule has 5 rings (SSSR count). The van der Waals surface area contributed by atoms with Crippen molar-refractivity contribution in [2.75, 3.05) is 24.8 Å². The van der Waals surface area contributed by atoms with Gasteiger partial charge in [-0.05, 0) is 30.3 Å². The van der Waals surface area contributed by atoms with Crippen LogP contribution in [-0.4, -0.2) is 36.8 Å². The number of hydrogen-bond donors (Lipinski definition) is 1. The van der Waals surface area contributed by atoms with E-state index in [0.29, 0.717) is 12.3 Å². The van der Waals surface area contributed by atoms with Crippen molar-refractivity contribution in [3.05, 3.63) is 36.5 Å². The molecule has 3 aliphatic rings. The maximum absolute atomic E-state index is 11.5. The van der Waals surface area contributed by atoms with Gasteiger partial charge in [0.15, 0.2) is 11.5 Å². The van der Waals surface area contributed by atoms with E-state index in [2.05, 4.69) is 21.3 Å². The molecule has 0 saturated carbocycles. The van der Waals surface area contributed by atoms with E-state index in [1.807, 2.05) is 30.5 Å². The number of rotatable bonds is 2. The zero-order valence-corrected chi connectivity index (χ0v) is 13.1. The van der Waals surface area contributed by atoms with E-state index in [4.69, 9.17) is 9.47 Å². The highest BCUT2D eigenvalue weighted by Crippen LogP contribution is 2.36. The Morgan fingerprint density at radius 2 is 2.04 bits per heavy atom. The Morgan fingerprint density at radius 1 is 1.12 bits per heavy atom. The minimum Gasteiger partial charge on any atom is -0.454 e. The number of fused-ring (bicyclic) bond motifs is 2. The molecule has 0 aliphatic carbocycles. The molecular formula is C18H17N3O3. The number of pyridine rings is 1. The predicted molar refractivity (Wildman–Crippen MR) is 88.0 cm³/mol. The van der Waals surface area contributed by atoms with Crippen LogP contribution < -0.4 is 19.7 Å². The predicted octanol–water partition coefficient (Wildman–Crippen LogP) is 1.80. The molecule has 2 atom stereocenters. The summed E-state index contributed by atoms with van der Waals surface area (Å²) in [5.41, 5.74) is 3.06. The van der Waals surface area contributed by atoms with Gasteiger partial charge < -0.3 is 19.7 Å². The Hall–Kier alpha value is -2.76. The van der Waals surface area contributed by atoms with Gasteiger partial charge in [0, 0.05) is 42.9 Å². The molecule has 2 aromatic rings. The quantitative estimate of drug-likeness (QED) is 0.913. The summed E-state index contributed by atoms with van der Waals surface area (Å²) in [5, 5.41) is 3.06. The highest BCUT2D eigenvalue weighted by atomic mass is 16.7. The van der Waals surface area contributed by atoms with Gasteiger partial charge in [-0.3, -0.25) is 9.78 Å². The molecule has 0 bridgehead atoms. The Morgan fingerprint density at radius 3 is 2.96 bits per heavy atom. The summed E-state index contributed by atoms with van der Waals surface area (Å²) in [5.74, 6) is 2.14. The summed E-state index contributed by atoms with van der Waals surface area (Å²) in [4.78, 5) is 18.3. The molecule has 0 unspecified atom stereocenters. The van der Waals surface area contributed by atoms with Crippen LogP contribution in [0.3, 0.4) is 0 Å². The fourth-order valence-electron chi connectivity index (χ4n) is 3.79. The number of amides is 1. The van der Waals surface area contributed by atoms with E-state index >= 15 is 0 Å². The average molecular weight is 323 g/mol. The van der Waals surface area contributed by atoms with Gasteiger partial charge in [0.1, 0.15) is 0 Å². The lowest BCUT2D eigenvalue weighted by atomic mass is 10.1. The monoisotopic (exact) mass is 323 g/mol. The molecular weight excluding hydrogens is 306 g/mol. The third kappa shape index (κ3) is 2.18. The second kappa shape index (κ2) is 5.12. The van der Waals surface area contributed by atoms with Crippen LogP contribution in [0.1, 0.15) is 6.42 Å². The maximum atomic E-state index is 11.5. The number of carbonyl (C=O) groups excluding carboxylic acids is 1. The average Bonchev–Trinajstić information content (AvgIpc) is 3.28.